The topological polar surface area (TPSA) is 52.6 Å². The van der Waals surface area contributed by atoms with E-state index in [9.17, 15) is 9.90 Å². The van der Waals surface area contributed by atoms with E-state index in [1.54, 1.807) is 0 Å². The lowest BCUT2D eigenvalue weighted by atomic mass is 9.82. The van der Waals surface area contributed by atoms with Crippen LogP contribution in [0.15, 0.2) is 0 Å². The summed E-state index contributed by atoms with van der Waals surface area (Å²) in [5, 5.41) is 13.5. The van der Waals surface area contributed by atoms with E-state index >= 15 is 0 Å². The molecule has 132 valence electrons. The fourth-order valence-electron chi connectivity index (χ4n) is 4.88. The number of carbonyl (C=O) groups is 1. The molecule has 4 nitrogen and oxygen atoms in total. The summed E-state index contributed by atoms with van der Waals surface area (Å²) in [6.07, 6.45) is 11.1. The van der Waals surface area contributed by atoms with Crippen LogP contribution < -0.4 is 5.32 Å². The molecule has 1 heterocycles. The zero-order valence-corrected chi connectivity index (χ0v) is 14.7. The summed E-state index contributed by atoms with van der Waals surface area (Å²) in [6, 6.07) is 0.705. The molecule has 4 unspecified atom stereocenters. The van der Waals surface area contributed by atoms with Crippen molar-refractivity contribution in [1.82, 2.24) is 10.2 Å². The Balaban J connectivity index is 1.43. The summed E-state index contributed by atoms with van der Waals surface area (Å²) in [4.78, 5) is 14.9. The van der Waals surface area contributed by atoms with Gasteiger partial charge in [-0.15, -0.1) is 0 Å². The number of piperidine rings is 1. The van der Waals surface area contributed by atoms with Gasteiger partial charge < -0.3 is 10.4 Å². The first kappa shape index (κ1) is 17.2. The van der Waals surface area contributed by atoms with Gasteiger partial charge in [0.15, 0.2) is 0 Å². The fourth-order valence-corrected chi connectivity index (χ4v) is 4.88. The maximum Gasteiger partial charge on any atom is 0.223 e. The molecular weight excluding hydrogens is 288 g/mol. The van der Waals surface area contributed by atoms with Crippen molar-refractivity contribution in [3.8, 4) is 0 Å². The maximum atomic E-state index is 12.5. The lowest BCUT2D eigenvalue weighted by molar-refractivity contribution is -0.127. The quantitative estimate of drug-likeness (QED) is 0.840. The van der Waals surface area contributed by atoms with Crippen LogP contribution >= 0.6 is 0 Å². The molecule has 0 aromatic carbocycles. The van der Waals surface area contributed by atoms with Gasteiger partial charge in [-0.2, -0.15) is 0 Å². The number of hydrogen-bond donors (Lipinski definition) is 2. The number of aliphatic hydroxyl groups is 1. The van der Waals surface area contributed by atoms with Gasteiger partial charge in [-0.25, -0.2) is 0 Å². The van der Waals surface area contributed by atoms with Gasteiger partial charge in [0.2, 0.25) is 5.91 Å². The van der Waals surface area contributed by atoms with Gasteiger partial charge in [0.25, 0.3) is 0 Å². The molecule has 2 aliphatic carbocycles. The third kappa shape index (κ3) is 4.48. The Kier molecular flexibility index (Phi) is 5.97. The number of nitrogens with one attached hydrogen (secondary N) is 1. The Morgan fingerprint density at radius 3 is 2.43 bits per heavy atom. The summed E-state index contributed by atoms with van der Waals surface area (Å²) in [6.45, 7) is 4.31. The molecule has 4 atom stereocenters. The highest BCUT2D eigenvalue weighted by molar-refractivity contribution is 5.79. The molecule has 3 fully saturated rings. The smallest absolute Gasteiger partial charge is 0.223 e. The number of rotatable bonds is 3. The largest absolute Gasteiger partial charge is 0.391 e. The molecule has 4 heteroatoms. The number of nitrogens with zero attached hydrogens (tertiary/aromatic N) is 1. The van der Waals surface area contributed by atoms with Crippen molar-refractivity contribution in [1.29, 1.82) is 0 Å². The second-order valence-electron chi connectivity index (χ2n) is 8.21. The summed E-state index contributed by atoms with van der Waals surface area (Å²) < 4.78 is 0. The van der Waals surface area contributed by atoms with Gasteiger partial charge in [-0.05, 0) is 44.4 Å². The van der Waals surface area contributed by atoms with Crippen LogP contribution in [-0.2, 0) is 4.79 Å². The highest BCUT2D eigenvalue weighted by Gasteiger charge is 2.33. The highest BCUT2D eigenvalue weighted by Crippen LogP contribution is 2.29. The minimum atomic E-state index is -0.140. The molecule has 1 aliphatic heterocycles. The van der Waals surface area contributed by atoms with Crippen molar-refractivity contribution in [2.75, 3.05) is 13.1 Å². The van der Waals surface area contributed by atoms with E-state index in [0.717, 1.165) is 51.6 Å². The van der Waals surface area contributed by atoms with Gasteiger partial charge in [0.1, 0.15) is 0 Å². The van der Waals surface area contributed by atoms with E-state index in [4.69, 9.17) is 0 Å². The molecule has 3 aliphatic rings. The molecular formula is C19H34N2O2. The number of hydrogen-bond acceptors (Lipinski definition) is 3. The van der Waals surface area contributed by atoms with E-state index in [1.165, 1.54) is 25.7 Å². The average Bonchev–Trinajstić information content (AvgIpc) is 2.56. The Morgan fingerprint density at radius 2 is 1.74 bits per heavy atom. The van der Waals surface area contributed by atoms with Crippen LogP contribution in [0.5, 0.6) is 0 Å². The Morgan fingerprint density at radius 1 is 1.00 bits per heavy atom. The number of amides is 1. The molecule has 1 saturated heterocycles. The molecule has 1 amide bonds. The van der Waals surface area contributed by atoms with E-state index < -0.39 is 0 Å². The first-order chi connectivity index (χ1) is 11.1. The van der Waals surface area contributed by atoms with Crippen molar-refractivity contribution in [2.45, 2.75) is 89.3 Å². The Hall–Kier alpha value is -0.610. The first-order valence-corrected chi connectivity index (χ1v) is 9.86. The van der Waals surface area contributed by atoms with Crippen LogP contribution in [0.25, 0.3) is 0 Å². The monoisotopic (exact) mass is 322 g/mol. The molecule has 0 aromatic rings. The van der Waals surface area contributed by atoms with Gasteiger partial charge in [0.05, 0.1) is 6.10 Å². The second kappa shape index (κ2) is 7.98. The van der Waals surface area contributed by atoms with Crippen LogP contribution in [0.3, 0.4) is 0 Å². The lowest BCUT2D eigenvalue weighted by Crippen LogP contribution is -2.52. The normalized spacial score (nSPS) is 37.5. The molecule has 0 aromatic heterocycles. The first-order valence-electron chi connectivity index (χ1n) is 9.86. The predicted molar refractivity (Wildman–Crippen MR) is 92.1 cm³/mol. The van der Waals surface area contributed by atoms with Gasteiger partial charge in [-0.1, -0.05) is 32.6 Å². The molecule has 0 spiro atoms. The molecule has 0 radical (unpaired) electrons. The van der Waals surface area contributed by atoms with E-state index in [1.807, 2.05) is 0 Å². The molecule has 2 N–H and O–H groups in total. The van der Waals surface area contributed by atoms with Gasteiger partial charge >= 0.3 is 0 Å². The highest BCUT2D eigenvalue weighted by atomic mass is 16.3. The van der Waals surface area contributed by atoms with Crippen LogP contribution in [0.4, 0.5) is 0 Å². The zero-order valence-electron chi connectivity index (χ0n) is 14.7. The second-order valence-corrected chi connectivity index (χ2v) is 8.21. The van der Waals surface area contributed by atoms with Crippen molar-refractivity contribution in [2.24, 2.45) is 11.8 Å². The SMILES string of the molecule is CC1CCCC(C(=O)NC2CCN(C3CCCCC3O)CC2)C1. The summed E-state index contributed by atoms with van der Waals surface area (Å²) in [7, 11) is 0. The lowest BCUT2D eigenvalue weighted by Gasteiger charge is -2.42. The Labute approximate surface area is 141 Å². The van der Waals surface area contributed by atoms with Crippen LogP contribution in [0, 0.1) is 11.8 Å². The summed E-state index contributed by atoms with van der Waals surface area (Å²) >= 11 is 0. The zero-order chi connectivity index (χ0) is 16.2. The van der Waals surface area contributed by atoms with Crippen molar-refractivity contribution in [3.63, 3.8) is 0 Å². The molecule has 2 saturated carbocycles. The molecule has 3 rings (SSSR count). The van der Waals surface area contributed by atoms with Crippen LogP contribution in [0.1, 0.15) is 71.1 Å². The van der Waals surface area contributed by atoms with Crippen LogP contribution in [-0.4, -0.2) is 47.2 Å². The van der Waals surface area contributed by atoms with E-state index in [-0.39, 0.29) is 12.0 Å². The standard InChI is InChI=1S/C19H34N2O2/c1-14-5-4-6-15(13-14)19(23)20-16-9-11-21(12-10-16)17-7-2-3-8-18(17)22/h14-18,22H,2-13H2,1H3,(H,20,23). The third-order valence-electron chi connectivity index (χ3n) is 6.35. The average molecular weight is 322 g/mol. The summed E-state index contributed by atoms with van der Waals surface area (Å²) in [5.41, 5.74) is 0. The minimum absolute atomic E-state index is 0.140. The Bertz CT molecular complexity index is 393. The van der Waals surface area contributed by atoms with Crippen LogP contribution in [0.2, 0.25) is 0 Å². The van der Waals surface area contributed by atoms with Crippen molar-refractivity contribution < 1.29 is 9.90 Å². The van der Waals surface area contributed by atoms with E-state index in [0.29, 0.717) is 23.9 Å². The summed E-state index contributed by atoms with van der Waals surface area (Å²) in [5.74, 6) is 1.25. The maximum absolute atomic E-state index is 12.5. The number of likely N-dealkylation sites (tertiary alicyclic amines) is 1. The molecule has 23 heavy (non-hydrogen) atoms. The van der Waals surface area contributed by atoms with E-state index in [2.05, 4.69) is 17.1 Å². The predicted octanol–water partition coefficient (Wildman–Crippen LogP) is 2.70. The number of aliphatic hydroxyl groups excluding tert-OH is 1. The fraction of sp³-hybridized carbons (Fsp3) is 0.947. The molecule has 0 bridgehead atoms. The van der Waals surface area contributed by atoms with Gasteiger partial charge in [-0.3, -0.25) is 9.69 Å². The third-order valence-corrected chi connectivity index (χ3v) is 6.35. The van der Waals surface area contributed by atoms with Crippen molar-refractivity contribution in [3.05, 3.63) is 0 Å². The van der Waals surface area contributed by atoms with Crippen molar-refractivity contribution >= 4 is 5.91 Å². The van der Waals surface area contributed by atoms with Gasteiger partial charge in [0, 0.05) is 31.1 Å². The minimum Gasteiger partial charge on any atom is -0.391 e. The number of carbonyl (C=O) groups excluding carboxylic acids is 1.